The summed E-state index contributed by atoms with van der Waals surface area (Å²) in [7, 11) is 1.82. The Labute approximate surface area is 110 Å². The van der Waals surface area contributed by atoms with E-state index in [1.807, 2.05) is 18.9 Å². The lowest BCUT2D eigenvalue weighted by molar-refractivity contribution is 0.115. The number of thioether (sulfide) groups is 1. The molecule has 0 aromatic heterocycles. The molecule has 100 valence electrons. The normalized spacial score (nSPS) is 36.0. The largest absolute Gasteiger partial charge is 0.380 e. The Morgan fingerprint density at radius 1 is 1.35 bits per heavy atom. The second-order valence-corrected chi connectivity index (χ2v) is 6.43. The summed E-state index contributed by atoms with van der Waals surface area (Å²) in [5.41, 5.74) is 0. The van der Waals surface area contributed by atoms with Gasteiger partial charge in [0.25, 0.3) is 0 Å². The van der Waals surface area contributed by atoms with Gasteiger partial charge in [0.15, 0.2) is 0 Å². The van der Waals surface area contributed by atoms with Gasteiger partial charge in [-0.15, -0.1) is 0 Å². The fourth-order valence-electron chi connectivity index (χ4n) is 2.96. The first-order valence-corrected chi connectivity index (χ1v) is 8.12. The van der Waals surface area contributed by atoms with Gasteiger partial charge in [0.2, 0.25) is 0 Å². The van der Waals surface area contributed by atoms with Crippen LogP contribution in [0.3, 0.4) is 0 Å². The number of hydrogen-bond donors (Lipinski definition) is 1. The maximum Gasteiger partial charge on any atom is 0.0711 e. The lowest BCUT2D eigenvalue weighted by atomic mass is 10.2. The average molecular weight is 258 g/mol. The summed E-state index contributed by atoms with van der Waals surface area (Å²) < 4.78 is 5.41. The highest BCUT2D eigenvalue weighted by atomic mass is 32.2. The monoisotopic (exact) mass is 258 g/mol. The van der Waals surface area contributed by atoms with E-state index in [0.29, 0.717) is 12.1 Å². The van der Waals surface area contributed by atoms with Crippen molar-refractivity contribution < 1.29 is 4.74 Å². The molecule has 3 atom stereocenters. The van der Waals surface area contributed by atoms with Crippen LogP contribution >= 0.6 is 11.8 Å². The lowest BCUT2D eigenvalue weighted by Crippen LogP contribution is -2.38. The summed E-state index contributed by atoms with van der Waals surface area (Å²) in [6.45, 7) is 4.80. The number of likely N-dealkylation sites (tertiary alicyclic amines) is 1. The second-order valence-electron chi connectivity index (χ2n) is 5.29. The van der Waals surface area contributed by atoms with E-state index >= 15 is 0 Å². The fraction of sp³-hybridized carbons (Fsp3) is 1.00. The minimum atomic E-state index is 0.436. The molecule has 1 N–H and O–H groups in total. The van der Waals surface area contributed by atoms with Crippen molar-refractivity contribution in [3.05, 3.63) is 0 Å². The number of nitrogens with one attached hydrogen (secondary N) is 1. The Morgan fingerprint density at radius 3 is 2.94 bits per heavy atom. The molecule has 2 rings (SSSR count). The van der Waals surface area contributed by atoms with Gasteiger partial charge in [-0.25, -0.2) is 0 Å². The van der Waals surface area contributed by atoms with Crippen molar-refractivity contribution in [2.45, 2.75) is 43.1 Å². The van der Waals surface area contributed by atoms with Crippen LogP contribution in [-0.4, -0.2) is 61.8 Å². The number of rotatable bonds is 4. The van der Waals surface area contributed by atoms with Gasteiger partial charge >= 0.3 is 0 Å². The first-order chi connectivity index (χ1) is 8.31. The minimum absolute atomic E-state index is 0.436. The second kappa shape index (κ2) is 6.98. The average Bonchev–Trinajstić information content (AvgIpc) is 2.68. The van der Waals surface area contributed by atoms with Crippen molar-refractivity contribution in [3.8, 4) is 0 Å². The topological polar surface area (TPSA) is 24.5 Å². The van der Waals surface area contributed by atoms with Crippen LogP contribution in [0.1, 0.15) is 25.7 Å². The predicted molar refractivity (Wildman–Crippen MR) is 74.8 cm³/mol. The molecule has 0 spiro atoms. The molecule has 0 aromatic carbocycles. The number of nitrogens with zero attached hydrogens (tertiary/aromatic N) is 1. The van der Waals surface area contributed by atoms with Crippen LogP contribution in [0.25, 0.3) is 0 Å². The highest BCUT2D eigenvalue weighted by Gasteiger charge is 2.26. The minimum Gasteiger partial charge on any atom is -0.380 e. The molecule has 2 saturated heterocycles. The standard InChI is InChI=1S/C13H26N2OS/c1-16-12-8-11(14-9-12)10-15-6-3-4-13(17-2)5-7-15/h11-14H,3-10H2,1-2H3. The first-order valence-electron chi connectivity index (χ1n) is 6.83. The van der Waals surface area contributed by atoms with Crippen LogP contribution < -0.4 is 5.32 Å². The molecule has 3 unspecified atom stereocenters. The molecule has 17 heavy (non-hydrogen) atoms. The summed E-state index contributed by atoms with van der Waals surface area (Å²) in [5, 5.41) is 4.47. The van der Waals surface area contributed by atoms with Crippen molar-refractivity contribution in [1.29, 1.82) is 0 Å². The van der Waals surface area contributed by atoms with Gasteiger partial charge < -0.3 is 15.0 Å². The summed E-state index contributed by atoms with van der Waals surface area (Å²) in [4.78, 5) is 2.64. The Balaban J connectivity index is 1.72. The van der Waals surface area contributed by atoms with E-state index in [-0.39, 0.29) is 0 Å². The molecule has 2 aliphatic heterocycles. The Hall–Kier alpha value is 0.230. The summed E-state index contributed by atoms with van der Waals surface area (Å²) in [5.74, 6) is 0. The number of ether oxygens (including phenoxy) is 1. The molecule has 0 amide bonds. The molecular formula is C13H26N2OS. The zero-order valence-electron chi connectivity index (χ0n) is 11.2. The molecule has 4 heteroatoms. The van der Waals surface area contributed by atoms with Gasteiger partial charge in [0.05, 0.1) is 6.10 Å². The molecular weight excluding hydrogens is 232 g/mol. The quantitative estimate of drug-likeness (QED) is 0.827. The summed E-state index contributed by atoms with van der Waals surface area (Å²) >= 11 is 2.05. The highest BCUT2D eigenvalue weighted by Crippen LogP contribution is 2.22. The van der Waals surface area contributed by atoms with Crippen molar-refractivity contribution in [2.75, 3.05) is 39.5 Å². The molecule has 0 radical (unpaired) electrons. The van der Waals surface area contributed by atoms with Gasteiger partial charge in [-0.05, 0) is 45.0 Å². The van der Waals surface area contributed by atoms with E-state index < -0.39 is 0 Å². The maximum atomic E-state index is 5.41. The van der Waals surface area contributed by atoms with E-state index in [2.05, 4.69) is 16.5 Å². The predicted octanol–water partition coefficient (Wildman–Crippen LogP) is 1.58. The van der Waals surface area contributed by atoms with Crippen molar-refractivity contribution in [3.63, 3.8) is 0 Å². The van der Waals surface area contributed by atoms with E-state index in [1.165, 1.54) is 45.3 Å². The van der Waals surface area contributed by atoms with Crippen LogP contribution in [0.5, 0.6) is 0 Å². The van der Waals surface area contributed by atoms with E-state index in [0.717, 1.165) is 11.8 Å². The van der Waals surface area contributed by atoms with Crippen LogP contribution in [0.2, 0.25) is 0 Å². The number of methoxy groups -OCH3 is 1. The van der Waals surface area contributed by atoms with Gasteiger partial charge in [-0.3, -0.25) is 0 Å². The molecule has 0 aliphatic carbocycles. The zero-order valence-corrected chi connectivity index (χ0v) is 12.0. The van der Waals surface area contributed by atoms with Crippen LogP contribution in [0.15, 0.2) is 0 Å². The van der Waals surface area contributed by atoms with Crippen molar-refractivity contribution >= 4 is 11.8 Å². The van der Waals surface area contributed by atoms with Gasteiger partial charge in [0.1, 0.15) is 0 Å². The smallest absolute Gasteiger partial charge is 0.0711 e. The molecule has 0 saturated carbocycles. The molecule has 3 nitrogen and oxygen atoms in total. The third-order valence-corrected chi connectivity index (χ3v) is 5.23. The van der Waals surface area contributed by atoms with E-state index in [4.69, 9.17) is 4.74 Å². The van der Waals surface area contributed by atoms with Crippen LogP contribution in [0.4, 0.5) is 0 Å². The third kappa shape index (κ3) is 4.12. The molecule has 2 fully saturated rings. The Kier molecular flexibility index (Phi) is 5.60. The summed E-state index contributed by atoms with van der Waals surface area (Å²) in [6, 6.07) is 0.644. The van der Waals surface area contributed by atoms with Gasteiger partial charge in [-0.1, -0.05) is 0 Å². The van der Waals surface area contributed by atoms with Crippen molar-refractivity contribution in [2.24, 2.45) is 0 Å². The van der Waals surface area contributed by atoms with E-state index in [1.54, 1.807) is 0 Å². The Morgan fingerprint density at radius 2 is 2.24 bits per heavy atom. The molecule has 2 aliphatic rings. The summed E-state index contributed by atoms with van der Waals surface area (Å²) in [6.07, 6.45) is 8.00. The lowest BCUT2D eigenvalue weighted by Gasteiger charge is -2.23. The van der Waals surface area contributed by atoms with Crippen molar-refractivity contribution in [1.82, 2.24) is 10.2 Å². The number of hydrogen-bond acceptors (Lipinski definition) is 4. The van der Waals surface area contributed by atoms with Gasteiger partial charge in [-0.2, -0.15) is 11.8 Å². The van der Waals surface area contributed by atoms with E-state index in [9.17, 15) is 0 Å². The molecule has 2 heterocycles. The van der Waals surface area contributed by atoms with Gasteiger partial charge in [0, 0.05) is 31.5 Å². The van der Waals surface area contributed by atoms with Crippen LogP contribution in [0, 0.1) is 0 Å². The maximum absolute atomic E-state index is 5.41. The first kappa shape index (κ1) is 13.7. The fourth-order valence-corrected chi connectivity index (χ4v) is 3.70. The zero-order chi connectivity index (χ0) is 12.1. The van der Waals surface area contributed by atoms with Crippen LogP contribution in [-0.2, 0) is 4.74 Å². The third-order valence-electron chi connectivity index (χ3n) is 4.09. The SMILES string of the molecule is COC1CNC(CN2CCCC(SC)CC2)C1. The molecule has 0 aromatic rings. The molecule has 0 bridgehead atoms. The Bertz CT molecular complexity index is 227. The highest BCUT2D eigenvalue weighted by molar-refractivity contribution is 7.99.